The second-order valence-corrected chi connectivity index (χ2v) is 7.96. The Hall–Kier alpha value is -3.17. The SMILES string of the molecule is O=C(Nc1ccc(-c2cc3c(N4CCOCC4)ncnc3[nH]2)cc1)NC1CCCNC1. The first-order valence-corrected chi connectivity index (χ1v) is 10.8. The average molecular weight is 422 g/mol. The van der Waals surface area contributed by atoms with E-state index in [-0.39, 0.29) is 12.1 Å². The normalized spacial score (nSPS) is 19.4. The van der Waals surface area contributed by atoms with Gasteiger partial charge in [0.1, 0.15) is 17.8 Å². The number of rotatable bonds is 4. The number of fused-ring (bicyclic) bond motifs is 1. The Labute approximate surface area is 180 Å². The molecule has 162 valence electrons. The summed E-state index contributed by atoms with van der Waals surface area (Å²) in [4.78, 5) is 26.8. The third kappa shape index (κ3) is 4.47. The minimum atomic E-state index is -0.169. The summed E-state index contributed by atoms with van der Waals surface area (Å²) in [6, 6.07) is 9.90. The second kappa shape index (κ2) is 8.91. The van der Waals surface area contributed by atoms with Crippen LogP contribution in [0, 0.1) is 0 Å². The van der Waals surface area contributed by atoms with Gasteiger partial charge in [-0.15, -0.1) is 0 Å². The van der Waals surface area contributed by atoms with Crippen LogP contribution in [0.2, 0.25) is 0 Å². The fourth-order valence-electron chi connectivity index (χ4n) is 4.17. The average Bonchev–Trinajstić information content (AvgIpc) is 3.25. The van der Waals surface area contributed by atoms with Gasteiger partial charge in [0.2, 0.25) is 0 Å². The number of H-pyrrole nitrogens is 1. The third-order valence-corrected chi connectivity index (χ3v) is 5.80. The Bertz CT molecular complexity index is 1040. The van der Waals surface area contributed by atoms with E-state index < -0.39 is 0 Å². The predicted octanol–water partition coefficient (Wildman–Crippen LogP) is 2.33. The molecule has 0 aliphatic carbocycles. The van der Waals surface area contributed by atoms with E-state index in [1.165, 1.54) is 0 Å². The molecule has 1 aromatic carbocycles. The molecule has 4 N–H and O–H groups in total. The second-order valence-electron chi connectivity index (χ2n) is 7.96. The molecule has 0 saturated carbocycles. The van der Waals surface area contributed by atoms with Gasteiger partial charge in [-0.25, -0.2) is 14.8 Å². The van der Waals surface area contributed by atoms with Crippen molar-refractivity contribution in [3.63, 3.8) is 0 Å². The number of morpholine rings is 1. The summed E-state index contributed by atoms with van der Waals surface area (Å²) in [6.45, 7) is 4.92. The molecule has 3 aromatic rings. The number of hydrogen-bond donors (Lipinski definition) is 4. The largest absolute Gasteiger partial charge is 0.378 e. The maximum atomic E-state index is 12.3. The van der Waals surface area contributed by atoms with Crippen LogP contribution in [0.4, 0.5) is 16.3 Å². The fourth-order valence-corrected chi connectivity index (χ4v) is 4.17. The van der Waals surface area contributed by atoms with Crippen molar-refractivity contribution in [3.05, 3.63) is 36.7 Å². The Morgan fingerprint density at radius 1 is 1.16 bits per heavy atom. The van der Waals surface area contributed by atoms with Crippen LogP contribution >= 0.6 is 0 Å². The van der Waals surface area contributed by atoms with Gasteiger partial charge in [0, 0.05) is 37.1 Å². The van der Waals surface area contributed by atoms with Crippen molar-refractivity contribution in [1.29, 1.82) is 0 Å². The van der Waals surface area contributed by atoms with Gasteiger partial charge >= 0.3 is 6.03 Å². The zero-order chi connectivity index (χ0) is 21.0. The highest BCUT2D eigenvalue weighted by Crippen LogP contribution is 2.29. The number of carbonyl (C=O) groups is 1. The number of urea groups is 1. The molecule has 1 unspecified atom stereocenters. The van der Waals surface area contributed by atoms with E-state index in [2.05, 4.69) is 41.9 Å². The molecule has 2 saturated heterocycles. The number of hydrogen-bond acceptors (Lipinski definition) is 6. The number of nitrogens with one attached hydrogen (secondary N) is 4. The molecule has 1 atom stereocenters. The van der Waals surface area contributed by atoms with Gasteiger partial charge in [-0.3, -0.25) is 0 Å². The molecule has 2 aliphatic heterocycles. The minimum Gasteiger partial charge on any atom is -0.378 e. The summed E-state index contributed by atoms with van der Waals surface area (Å²) in [5.41, 5.74) is 3.56. The van der Waals surface area contributed by atoms with Gasteiger partial charge in [-0.05, 0) is 43.1 Å². The van der Waals surface area contributed by atoms with E-state index in [4.69, 9.17) is 4.74 Å². The first kappa shape index (κ1) is 19.8. The first-order chi connectivity index (χ1) is 15.3. The van der Waals surface area contributed by atoms with Gasteiger partial charge in [0.05, 0.1) is 18.6 Å². The quantitative estimate of drug-likeness (QED) is 0.515. The number of piperidine rings is 1. The highest BCUT2D eigenvalue weighted by atomic mass is 16.5. The van der Waals surface area contributed by atoms with Crippen LogP contribution in [0.5, 0.6) is 0 Å². The highest BCUT2D eigenvalue weighted by molar-refractivity contribution is 5.93. The van der Waals surface area contributed by atoms with Crippen LogP contribution < -0.4 is 20.9 Å². The van der Waals surface area contributed by atoms with Crippen molar-refractivity contribution in [2.24, 2.45) is 0 Å². The summed E-state index contributed by atoms with van der Waals surface area (Å²) in [5, 5.41) is 10.2. The van der Waals surface area contributed by atoms with Crippen molar-refractivity contribution in [2.45, 2.75) is 18.9 Å². The van der Waals surface area contributed by atoms with Crippen LogP contribution in [0.3, 0.4) is 0 Å². The molecule has 2 fully saturated rings. The van der Waals surface area contributed by atoms with Gasteiger partial charge in [0.25, 0.3) is 0 Å². The standard InChI is InChI=1S/C22H27N7O2/c30-22(27-17-2-1-7-23-13-17)26-16-5-3-15(4-6-16)19-12-18-20(28-19)24-14-25-21(18)29-8-10-31-11-9-29/h3-6,12,14,17,23H,1-2,7-11,13H2,(H,24,25,28)(H2,26,27,30). The summed E-state index contributed by atoms with van der Waals surface area (Å²) in [6.07, 6.45) is 3.69. The third-order valence-electron chi connectivity index (χ3n) is 5.80. The van der Waals surface area contributed by atoms with Crippen molar-refractivity contribution < 1.29 is 9.53 Å². The number of aromatic nitrogens is 3. The first-order valence-electron chi connectivity index (χ1n) is 10.8. The van der Waals surface area contributed by atoms with Gasteiger partial charge in [0.15, 0.2) is 0 Å². The molecular weight excluding hydrogens is 394 g/mol. The lowest BCUT2D eigenvalue weighted by Gasteiger charge is -2.27. The van der Waals surface area contributed by atoms with Crippen LogP contribution in [0.25, 0.3) is 22.3 Å². The number of amides is 2. The van der Waals surface area contributed by atoms with E-state index >= 15 is 0 Å². The molecule has 4 heterocycles. The number of anilines is 2. The summed E-state index contributed by atoms with van der Waals surface area (Å²) in [7, 11) is 0. The van der Waals surface area contributed by atoms with E-state index in [9.17, 15) is 4.79 Å². The lowest BCUT2D eigenvalue weighted by Crippen LogP contribution is -2.47. The summed E-state index contributed by atoms with van der Waals surface area (Å²) in [5.74, 6) is 0.933. The van der Waals surface area contributed by atoms with E-state index in [1.54, 1.807) is 6.33 Å². The zero-order valence-electron chi connectivity index (χ0n) is 17.4. The maximum Gasteiger partial charge on any atom is 0.319 e. The molecule has 0 radical (unpaired) electrons. The van der Waals surface area contributed by atoms with Gasteiger partial charge in [-0.2, -0.15) is 0 Å². The predicted molar refractivity (Wildman–Crippen MR) is 120 cm³/mol. The number of benzene rings is 1. The molecule has 2 aromatic heterocycles. The lowest BCUT2D eigenvalue weighted by molar-refractivity contribution is 0.122. The molecule has 2 amide bonds. The molecule has 2 aliphatic rings. The monoisotopic (exact) mass is 421 g/mol. The number of ether oxygens (including phenoxy) is 1. The Balaban J connectivity index is 1.29. The molecular formula is C22H27N7O2. The Kier molecular flexibility index (Phi) is 5.68. The zero-order valence-corrected chi connectivity index (χ0v) is 17.4. The lowest BCUT2D eigenvalue weighted by atomic mass is 10.1. The number of aromatic amines is 1. The highest BCUT2D eigenvalue weighted by Gasteiger charge is 2.18. The minimum absolute atomic E-state index is 0.169. The molecule has 9 nitrogen and oxygen atoms in total. The molecule has 9 heteroatoms. The van der Waals surface area contributed by atoms with Crippen molar-refractivity contribution >= 4 is 28.6 Å². The Morgan fingerprint density at radius 3 is 2.77 bits per heavy atom. The summed E-state index contributed by atoms with van der Waals surface area (Å²) < 4.78 is 5.46. The van der Waals surface area contributed by atoms with E-state index in [0.29, 0.717) is 13.2 Å². The molecule has 0 spiro atoms. The fraction of sp³-hybridized carbons (Fsp3) is 0.409. The van der Waals surface area contributed by atoms with Crippen molar-refractivity contribution in [3.8, 4) is 11.3 Å². The Morgan fingerprint density at radius 2 is 2.00 bits per heavy atom. The van der Waals surface area contributed by atoms with E-state index in [0.717, 1.165) is 72.8 Å². The molecule has 31 heavy (non-hydrogen) atoms. The van der Waals surface area contributed by atoms with E-state index in [1.807, 2.05) is 24.3 Å². The van der Waals surface area contributed by atoms with Gasteiger partial charge < -0.3 is 30.6 Å². The smallest absolute Gasteiger partial charge is 0.319 e. The maximum absolute atomic E-state index is 12.3. The molecule has 0 bridgehead atoms. The van der Waals surface area contributed by atoms with Crippen LogP contribution in [-0.4, -0.2) is 66.4 Å². The van der Waals surface area contributed by atoms with Crippen LogP contribution in [0.15, 0.2) is 36.7 Å². The number of nitrogens with zero attached hydrogens (tertiary/aromatic N) is 3. The topological polar surface area (TPSA) is 107 Å². The van der Waals surface area contributed by atoms with Crippen molar-refractivity contribution in [1.82, 2.24) is 25.6 Å². The summed E-state index contributed by atoms with van der Waals surface area (Å²) >= 11 is 0. The van der Waals surface area contributed by atoms with Crippen LogP contribution in [-0.2, 0) is 4.74 Å². The van der Waals surface area contributed by atoms with Crippen LogP contribution in [0.1, 0.15) is 12.8 Å². The van der Waals surface area contributed by atoms with Gasteiger partial charge in [-0.1, -0.05) is 12.1 Å². The molecule has 5 rings (SSSR count). The number of carbonyl (C=O) groups excluding carboxylic acids is 1. The van der Waals surface area contributed by atoms with Crippen molar-refractivity contribution in [2.75, 3.05) is 49.6 Å².